The summed E-state index contributed by atoms with van der Waals surface area (Å²) in [5.41, 5.74) is 1.94. The van der Waals surface area contributed by atoms with Gasteiger partial charge in [-0.25, -0.2) is 9.37 Å². The molecule has 1 aromatic heterocycles. The van der Waals surface area contributed by atoms with Crippen molar-refractivity contribution in [1.82, 2.24) is 10.3 Å². The number of aromatic nitrogens is 1. The Bertz CT molecular complexity index is 637. The van der Waals surface area contributed by atoms with Crippen LogP contribution in [0.3, 0.4) is 0 Å². The van der Waals surface area contributed by atoms with Crippen molar-refractivity contribution in [2.75, 3.05) is 7.05 Å². The molecule has 20 heavy (non-hydrogen) atoms. The van der Waals surface area contributed by atoms with Crippen LogP contribution in [0.1, 0.15) is 16.8 Å². The van der Waals surface area contributed by atoms with E-state index in [0.717, 1.165) is 11.1 Å². The van der Waals surface area contributed by atoms with E-state index in [9.17, 15) is 4.39 Å². The van der Waals surface area contributed by atoms with Crippen LogP contribution in [0.5, 0.6) is 5.75 Å². The van der Waals surface area contributed by atoms with E-state index in [0.29, 0.717) is 24.6 Å². The molecule has 0 bridgehead atoms. The Morgan fingerprint density at radius 3 is 2.95 bits per heavy atom. The van der Waals surface area contributed by atoms with Crippen LogP contribution in [0.25, 0.3) is 0 Å². The van der Waals surface area contributed by atoms with Gasteiger partial charge in [0.15, 0.2) is 0 Å². The van der Waals surface area contributed by atoms with E-state index in [1.807, 2.05) is 6.07 Å². The number of nitrogens with one attached hydrogen (secondary N) is 1. The molecule has 1 N–H and O–H groups in total. The van der Waals surface area contributed by atoms with Gasteiger partial charge >= 0.3 is 0 Å². The number of hydrogen-bond acceptors (Lipinski definition) is 4. The normalized spacial score (nSPS) is 10.1. The Kier molecular flexibility index (Phi) is 4.64. The van der Waals surface area contributed by atoms with Gasteiger partial charge in [0.05, 0.1) is 0 Å². The second kappa shape index (κ2) is 6.64. The zero-order chi connectivity index (χ0) is 14.4. The third-order valence-corrected chi connectivity index (χ3v) is 2.72. The first-order valence-electron chi connectivity index (χ1n) is 6.14. The topological polar surface area (TPSA) is 57.9 Å². The number of rotatable bonds is 5. The molecule has 0 amide bonds. The highest BCUT2D eigenvalue weighted by Gasteiger charge is 2.06. The zero-order valence-electron chi connectivity index (χ0n) is 11.1. The van der Waals surface area contributed by atoms with Crippen LogP contribution in [-0.4, -0.2) is 12.0 Å². The summed E-state index contributed by atoms with van der Waals surface area (Å²) in [6.45, 7) is 0.826. The van der Waals surface area contributed by atoms with Gasteiger partial charge in [-0.3, -0.25) is 0 Å². The van der Waals surface area contributed by atoms with Gasteiger partial charge in [0.1, 0.15) is 29.9 Å². The van der Waals surface area contributed by atoms with Gasteiger partial charge in [-0.2, -0.15) is 5.26 Å². The first-order valence-corrected chi connectivity index (χ1v) is 6.14. The molecule has 2 rings (SSSR count). The molecule has 102 valence electrons. The van der Waals surface area contributed by atoms with Gasteiger partial charge in [-0.1, -0.05) is 0 Å². The second-order valence-corrected chi connectivity index (χ2v) is 4.23. The lowest BCUT2D eigenvalue weighted by Gasteiger charge is -2.11. The smallest absolute Gasteiger partial charge is 0.140 e. The maximum absolute atomic E-state index is 13.2. The van der Waals surface area contributed by atoms with Crippen LogP contribution in [0, 0.1) is 17.1 Å². The molecule has 0 spiro atoms. The summed E-state index contributed by atoms with van der Waals surface area (Å²) >= 11 is 0. The molecule has 0 unspecified atom stereocenters. The van der Waals surface area contributed by atoms with E-state index < -0.39 is 0 Å². The predicted octanol–water partition coefficient (Wildman–Crippen LogP) is 2.39. The van der Waals surface area contributed by atoms with Crippen LogP contribution in [-0.2, 0) is 13.2 Å². The highest BCUT2D eigenvalue weighted by molar-refractivity contribution is 5.34. The van der Waals surface area contributed by atoms with Crippen molar-refractivity contribution in [2.45, 2.75) is 13.2 Å². The highest BCUT2D eigenvalue weighted by Crippen LogP contribution is 2.21. The van der Waals surface area contributed by atoms with E-state index in [1.54, 1.807) is 31.4 Å². The van der Waals surface area contributed by atoms with Crippen LogP contribution >= 0.6 is 0 Å². The fraction of sp³-hybridized carbons (Fsp3) is 0.200. The number of nitriles is 1. The van der Waals surface area contributed by atoms with E-state index in [2.05, 4.69) is 10.3 Å². The lowest BCUT2D eigenvalue weighted by atomic mass is 10.2. The maximum atomic E-state index is 13.2. The average molecular weight is 271 g/mol. The molecule has 0 atom stereocenters. The van der Waals surface area contributed by atoms with Gasteiger partial charge in [0.25, 0.3) is 0 Å². The molecule has 2 aromatic rings. The number of benzene rings is 1. The van der Waals surface area contributed by atoms with Crippen molar-refractivity contribution in [3.8, 4) is 11.8 Å². The summed E-state index contributed by atoms with van der Waals surface area (Å²) in [4.78, 5) is 3.90. The molecule has 0 saturated heterocycles. The van der Waals surface area contributed by atoms with E-state index >= 15 is 0 Å². The van der Waals surface area contributed by atoms with Gasteiger partial charge < -0.3 is 10.1 Å². The lowest BCUT2D eigenvalue weighted by molar-refractivity contribution is 0.301. The average Bonchev–Trinajstić information content (AvgIpc) is 2.47. The molecular formula is C15H14FN3O. The van der Waals surface area contributed by atoms with Crippen LogP contribution in [0.4, 0.5) is 4.39 Å². The Morgan fingerprint density at radius 1 is 1.35 bits per heavy atom. The Morgan fingerprint density at radius 2 is 2.20 bits per heavy atom. The van der Waals surface area contributed by atoms with Crippen LogP contribution in [0.2, 0.25) is 0 Å². The first kappa shape index (κ1) is 14.0. The van der Waals surface area contributed by atoms with Crippen molar-refractivity contribution < 1.29 is 9.13 Å². The van der Waals surface area contributed by atoms with Crippen molar-refractivity contribution in [1.29, 1.82) is 5.26 Å². The maximum Gasteiger partial charge on any atom is 0.140 e. The fourth-order valence-corrected chi connectivity index (χ4v) is 1.80. The zero-order valence-corrected chi connectivity index (χ0v) is 11.1. The van der Waals surface area contributed by atoms with Gasteiger partial charge in [0, 0.05) is 18.3 Å². The van der Waals surface area contributed by atoms with E-state index in [4.69, 9.17) is 10.00 Å². The number of hydrogen-bond donors (Lipinski definition) is 1. The van der Waals surface area contributed by atoms with Gasteiger partial charge in [-0.05, 0) is 42.9 Å². The summed E-state index contributed by atoms with van der Waals surface area (Å²) < 4.78 is 18.9. The van der Waals surface area contributed by atoms with E-state index in [-0.39, 0.29) is 5.82 Å². The van der Waals surface area contributed by atoms with Crippen molar-refractivity contribution >= 4 is 0 Å². The standard InChI is InChI=1S/C15H14FN3O/c1-18-9-12-7-13(16)2-3-15(12)20-10-11-4-5-19-14(6-11)8-17/h2-7,18H,9-10H2,1H3. The third-order valence-electron chi connectivity index (χ3n) is 2.72. The van der Waals surface area contributed by atoms with Gasteiger partial charge in [-0.15, -0.1) is 0 Å². The third kappa shape index (κ3) is 3.53. The molecule has 0 radical (unpaired) electrons. The Balaban J connectivity index is 2.12. The van der Waals surface area contributed by atoms with Crippen molar-refractivity contribution in [3.05, 3.63) is 59.2 Å². The van der Waals surface area contributed by atoms with Gasteiger partial charge in [0.2, 0.25) is 0 Å². The Hall–Kier alpha value is -2.45. The number of halogens is 1. The summed E-state index contributed by atoms with van der Waals surface area (Å²) in [6, 6.07) is 9.84. The summed E-state index contributed by atoms with van der Waals surface area (Å²) in [5.74, 6) is 0.328. The largest absolute Gasteiger partial charge is 0.489 e. The number of pyridine rings is 1. The molecule has 1 aromatic carbocycles. The minimum absolute atomic E-state index is 0.293. The lowest BCUT2D eigenvalue weighted by Crippen LogP contribution is -2.08. The first-order chi connectivity index (χ1) is 9.72. The van der Waals surface area contributed by atoms with Crippen molar-refractivity contribution in [3.63, 3.8) is 0 Å². The van der Waals surface area contributed by atoms with E-state index in [1.165, 1.54) is 12.1 Å². The quantitative estimate of drug-likeness (QED) is 0.907. The summed E-state index contributed by atoms with van der Waals surface area (Å²) in [6.07, 6.45) is 1.57. The Labute approximate surface area is 116 Å². The molecule has 4 nitrogen and oxygen atoms in total. The molecule has 5 heteroatoms. The van der Waals surface area contributed by atoms with Crippen LogP contribution in [0.15, 0.2) is 36.5 Å². The predicted molar refractivity (Wildman–Crippen MR) is 72.4 cm³/mol. The molecular weight excluding hydrogens is 257 g/mol. The molecule has 0 aliphatic heterocycles. The van der Waals surface area contributed by atoms with Crippen molar-refractivity contribution in [2.24, 2.45) is 0 Å². The fourth-order valence-electron chi connectivity index (χ4n) is 1.80. The van der Waals surface area contributed by atoms with Crippen LogP contribution < -0.4 is 10.1 Å². The summed E-state index contributed by atoms with van der Waals surface area (Å²) in [5, 5.41) is 11.8. The summed E-state index contributed by atoms with van der Waals surface area (Å²) in [7, 11) is 1.79. The minimum Gasteiger partial charge on any atom is -0.489 e. The second-order valence-electron chi connectivity index (χ2n) is 4.23. The molecule has 0 aliphatic carbocycles. The molecule has 0 saturated carbocycles. The number of ether oxygens (including phenoxy) is 1. The SMILES string of the molecule is CNCc1cc(F)ccc1OCc1ccnc(C#N)c1. The molecule has 0 aliphatic rings. The monoisotopic (exact) mass is 271 g/mol. The number of nitrogens with zero attached hydrogens (tertiary/aromatic N) is 2. The highest BCUT2D eigenvalue weighted by atomic mass is 19.1. The molecule has 0 fully saturated rings. The minimum atomic E-state index is -0.293. The molecule has 1 heterocycles.